The van der Waals surface area contributed by atoms with Crippen LogP contribution in [-0.4, -0.2) is 26.6 Å². The van der Waals surface area contributed by atoms with Gasteiger partial charge in [0.05, 0.1) is 11.4 Å². The number of fused-ring (bicyclic) bond motifs is 1. The molecule has 18 heavy (non-hydrogen) atoms. The van der Waals surface area contributed by atoms with Crippen LogP contribution in [0.5, 0.6) is 0 Å². The van der Waals surface area contributed by atoms with E-state index in [0.29, 0.717) is 6.54 Å². The van der Waals surface area contributed by atoms with Crippen molar-refractivity contribution < 1.29 is 0 Å². The van der Waals surface area contributed by atoms with Gasteiger partial charge in [-0.25, -0.2) is 9.50 Å². The third kappa shape index (κ3) is 1.83. The van der Waals surface area contributed by atoms with Gasteiger partial charge in [-0.3, -0.25) is 0 Å². The minimum Gasteiger partial charge on any atom is -0.360 e. The van der Waals surface area contributed by atoms with Gasteiger partial charge in [0.15, 0.2) is 5.65 Å². The predicted molar refractivity (Wildman–Crippen MR) is 73.2 cm³/mol. The molecule has 0 aliphatic rings. The lowest BCUT2D eigenvalue weighted by atomic mass is 10.3. The normalized spacial score (nSPS) is 11.2. The highest BCUT2D eigenvalue weighted by molar-refractivity contribution is 9.10. The molecule has 0 spiro atoms. The summed E-state index contributed by atoms with van der Waals surface area (Å²) in [5.74, 6) is 0. The Morgan fingerprint density at radius 3 is 3.00 bits per heavy atom. The highest BCUT2D eigenvalue weighted by Gasteiger charge is 2.11. The van der Waals surface area contributed by atoms with Crippen molar-refractivity contribution in [2.75, 3.05) is 7.05 Å². The van der Waals surface area contributed by atoms with Crippen LogP contribution in [0, 0.1) is 0 Å². The van der Waals surface area contributed by atoms with Gasteiger partial charge in [0.2, 0.25) is 0 Å². The molecule has 0 saturated carbocycles. The summed E-state index contributed by atoms with van der Waals surface area (Å²) in [6.07, 6.45) is 1.89. The predicted octanol–water partition coefficient (Wildman–Crippen LogP) is 2.21. The fourth-order valence-corrected chi connectivity index (χ4v) is 2.36. The Labute approximate surface area is 112 Å². The summed E-state index contributed by atoms with van der Waals surface area (Å²) in [7, 11) is 1.90. The largest absolute Gasteiger partial charge is 0.360 e. The number of aromatic nitrogens is 4. The van der Waals surface area contributed by atoms with Gasteiger partial charge in [-0.15, -0.1) is 0 Å². The molecule has 0 fully saturated rings. The molecular weight excluding hydrogens is 294 g/mol. The Balaban J connectivity index is 2.14. The van der Waals surface area contributed by atoms with Crippen molar-refractivity contribution in [2.45, 2.75) is 6.54 Å². The molecule has 3 rings (SSSR count). The van der Waals surface area contributed by atoms with E-state index >= 15 is 0 Å². The second kappa shape index (κ2) is 4.55. The van der Waals surface area contributed by atoms with Crippen LogP contribution in [0.25, 0.3) is 17.0 Å². The van der Waals surface area contributed by atoms with Gasteiger partial charge >= 0.3 is 0 Å². The van der Waals surface area contributed by atoms with E-state index in [2.05, 4.69) is 36.3 Å². The first-order chi connectivity index (χ1) is 8.79. The van der Waals surface area contributed by atoms with E-state index < -0.39 is 0 Å². The van der Waals surface area contributed by atoms with Crippen LogP contribution < -0.4 is 5.32 Å². The van der Waals surface area contributed by atoms with E-state index in [1.807, 2.05) is 42.0 Å². The van der Waals surface area contributed by atoms with Gasteiger partial charge in [0, 0.05) is 12.7 Å². The van der Waals surface area contributed by atoms with Gasteiger partial charge in [-0.05, 0) is 47.2 Å². The average Bonchev–Trinajstić information content (AvgIpc) is 3.00. The highest BCUT2D eigenvalue weighted by Crippen LogP contribution is 2.21. The molecule has 0 unspecified atom stereocenters. The molecule has 0 amide bonds. The van der Waals surface area contributed by atoms with E-state index in [9.17, 15) is 0 Å². The Morgan fingerprint density at radius 1 is 1.39 bits per heavy atom. The lowest BCUT2D eigenvalue weighted by Crippen LogP contribution is -2.05. The molecule has 92 valence electrons. The van der Waals surface area contributed by atoms with Gasteiger partial charge in [-0.2, -0.15) is 5.10 Å². The van der Waals surface area contributed by atoms with E-state index in [4.69, 9.17) is 0 Å². The number of nitrogens with zero attached hydrogens (tertiary/aromatic N) is 3. The van der Waals surface area contributed by atoms with Crippen molar-refractivity contribution in [1.82, 2.24) is 24.9 Å². The van der Waals surface area contributed by atoms with Crippen LogP contribution in [-0.2, 0) is 6.54 Å². The number of aromatic amines is 1. The molecule has 0 saturated heterocycles. The summed E-state index contributed by atoms with van der Waals surface area (Å²) < 4.78 is 2.70. The zero-order chi connectivity index (χ0) is 12.5. The SMILES string of the molecule is CNCc1nc2ccc(-c3ccc[nH]3)nn2c1Br. The first kappa shape index (κ1) is 11.4. The summed E-state index contributed by atoms with van der Waals surface area (Å²) in [5, 5.41) is 7.66. The van der Waals surface area contributed by atoms with Crippen LogP contribution in [0.3, 0.4) is 0 Å². The Bertz CT molecular complexity index is 671. The summed E-state index contributed by atoms with van der Waals surface area (Å²) in [4.78, 5) is 7.65. The van der Waals surface area contributed by atoms with E-state index in [0.717, 1.165) is 27.3 Å². The molecule has 3 heterocycles. The molecule has 0 bridgehead atoms. The molecule has 0 aliphatic carbocycles. The Hall–Kier alpha value is -1.66. The van der Waals surface area contributed by atoms with Gasteiger partial charge < -0.3 is 10.3 Å². The molecule has 0 aliphatic heterocycles. The van der Waals surface area contributed by atoms with Crippen molar-refractivity contribution in [3.8, 4) is 11.4 Å². The molecule has 0 radical (unpaired) electrons. The average molecular weight is 306 g/mol. The maximum Gasteiger partial charge on any atom is 0.155 e. The lowest BCUT2D eigenvalue weighted by Gasteiger charge is -1.99. The highest BCUT2D eigenvalue weighted by atomic mass is 79.9. The zero-order valence-corrected chi connectivity index (χ0v) is 11.4. The smallest absolute Gasteiger partial charge is 0.155 e. The van der Waals surface area contributed by atoms with Crippen LogP contribution in [0.15, 0.2) is 35.1 Å². The van der Waals surface area contributed by atoms with Crippen molar-refractivity contribution >= 4 is 21.6 Å². The molecular formula is C12H12BrN5. The fourth-order valence-electron chi connectivity index (χ4n) is 1.87. The standard InChI is InChI=1S/C12H12BrN5/c1-14-7-10-12(13)18-11(16-10)5-4-9(17-18)8-3-2-6-15-8/h2-6,14-15H,7H2,1H3. The topological polar surface area (TPSA) is 58.0 Å². The number of imidazole rings is 1. The van der Waals surface area contributed by atoms with Crippen LogP contribution in [0.4, 0.5) is 0 Å². The number of nitrogens with one attached hydrogen (secondary N) is 2. The van der Waals surface area contributed by atoms with E-state index in [-0.39, 0.29) is 0 Å². The van der Waals surface area contributed by atoms with Gasteiger partial charge in [0.25, 0.3) is 0 Å². The number of rotatable bonds is 3. The van der Waals surface area contributed by atoms with Crippen LogP contribution in [0.2, 0.25) is 0 Å². The number of hydrogen-bond donors (Lipinski definition) is 2. The Morgan fingerprint density at radius 2 is 2.28 bits per heavy atom. The summed E-state index contributed by atoms with van der Waals surface area (Å²) >= 11 is 3.54. The molecule has 5 nitrogen and oxygen atoms in total. The lowest BCUT2D eigenvalue weighted by molar-refractivity contribution is 0.789. The summed E-state index contributed by atoms with van der Waals surface area (Å²) in [6.45, 7) is 0.710. The van der Waals surface area contributed by atoms with Gasteiger partial charge in [-0.1, -0.05) is 0 Å². The summed E-state index contributed by atoms with van der Waals surface area (Å²) in [6, 6.07) is 7.88. The molecule has 0 atom stereocenters. The second-order valence-electron chi connectivity index (χ2n) is 3.95. The maximum atomic E-state index is 4.57. The van der Waals surface area contributed by atoms with E-state index in [1.165, 1.54) is 0 Å². The van der Waals surface area contributed by atoms with Crippen molar-refractivity contribution in [3.63, 3.8) is 0 Å². The van der Waals surface area contributed by atoms with Crippen molar-refractivity contribution in [1.29, 1.82) is 0 Å². The fraction of sp³-hybridized carbons (Fsp3) is 0.167. The van der Waals surface area contributed by atoms with Crippen LogP contribution in [0.1, 0.15) is 5.69 Å². The minimum absolute atomic E-state index is 0.710. The number of hydrogen-bond acceptors (Lipinski definition) is 3. The maximum absolute atomic E-state index is 4.57. The summed E-state index contributed by atoms with van der Waals surface area (Å²) in [5.41, 5.74) is 3.67. The quantitative estimate of drug-likeness (QED) is 0.780. The first-order valence-electron chi connectivity index (χ1n) is 5.62. The minimum atomic E-state index is 0.710. The first-order valence-corrected chi connectivity index (χ1v) is 6.41. The van der Waals surface area contributed by atoms with Gasteiger partial charge in [0.1, 0.15) is 10.3 Å². The Kier molecular flexibility index (Phi) is 2.89. The monoisotopic (exact) mass is 305 g/mol. The molecule has 2 N–H and O–H groups in total. The van der Waals surface area contributed by atoms with E-state index in [1.54, 1.807) is 0 Å². The third-order valence-electron chi connectivity index (χ3n) is 2.71. The molecule has 0 aromatic carbocycles. The van der Waals surface area contributed by atoms with Crippen LogP contribution >= 0.6 is 15.9 Å². The molecule has 3 aromatic rings. The third-order valence-corrected chi connectivity index (χ3v) is 3.50. The number of H-pyrrole nitrogens is 1. The van der Waals surface area contributed by atoms with Crippen molar-refractivity contribution in [3.05, 3.63) is 40.8 Å². The number of halogens is 1. The van der Waals surface area contributed by atoms with Crippen molar-refractivity contribution in [2.24, 2.45) is 0 Å². The zero-order valence-electron chi connectivity index (χ0n) is 9.81. The molecule has 3 aromatic heterocycles. The second-order valence-corrected chi connectivity index (χ2v) is 4.70. The molecule has 6 heteroatoms.